The molecule has 4 rings (SSSR count). The Morgan fingerprint density at radius 1 is 1.00 bits per heavy atom. The van der Waals surface area contributed by atoms with E-state index in [0.717, 1.165) is 5.82 Å². The maximum absolute atomic E-state index is 12.6. The number of piperazine rings is 1. The molecule has 1 aliphatic rings. The smallest absolute Gasteiger partial charge is 0.323 e. The van der Waals surface area contributed by atoms with E-state index in [-0.39, 0.29) is 18.4 Å². The van der Waals surface area contributed by atoms with E-state index in [0.29, 0.717) is 48.3 Å². The van der Waals surface area contributed by atoms with Gasteiger partial charge in [-0.05, 0) is 36.4 Å². The van der Waals surface area contributed by atoms with Crippen LogP contribution in [0.3, 0.4) is 0 Å². The molecule has 10 nitrogen and oxygen atoms in total. The molecular weight excluding hydrogens is 442 g/mol. The summed E-state index contributed by atoms with van der Waals surface area (Å²) in [6.07, 6.45) is 1.82. The van der Waals surface area contributed by atoms with Crippen molar-refractivity contribution in [2.24, 2.45) is 5.73 Å². The monoisotopic (exact) mass is 465 g/mol. The van der Waals surface area contributed by atoms with E-state index in [2.05, 4.69) is 25.5 Å². The van der Waals surface area contributed by atoms with Gasteiger partial charge in [0.1, 0.15) is 5.82 Å². The van der Waals surface area contributed by atoms with Crippen molar-refractivity contribution in [3.63, 3.8) is 0 Å². The second-order valence-electron chi connectivity index (χ2n) is 7.40. The van der Waals surface area contributed by atoms with Crippen molar-refractivity contribution in [2.45, 2.75) is 6.42 Å². The molecule has 2 aromatic heterocycles. The number of anilines is 3. The third-order valence-corrected chi connectivity index (χ3v) is 5.91. The standard InChI is InChI=1S/C22H23N7O3S/c23-20(31)15-4-6-16(7-5-15)25-19(30)13-17-14-33-21(26-17)27-22(32)29-11-9-28(10-12-29)18-3-1-2-8-24-18/h1-8,14H,9-13H2,(H2,23,31)(H,25,30)(H,26,27,32). The van der Waals surface area contributed by atoms with Gasteiger partial charge in [-0.15, -0.1) is 11.3 Å². The fourth-order valence-corrected chi connectivity index (χ4v) is 4.08. The molecule has 1 saturated heterocycles. The lowest BCUT2D eigenvalue weighted by Gasteiger charge is -2.35. The van der Waals surface area contributed by atoms with E-state index in [9.17, 15) is 14.4 Å². The fraction of sp³-hybridized carbons (Fsp3) is 0.227. The van der Waals surface area contributed by atoms with E-state index in [1.807, 2.05) is 18.2 Å². The zero-order valence-electron chi connectivity index (χ0n) is 17.7. The van der Waals surface area contributed by atoms with Crippen LogP contribution in [-0.2, 0) is 11.2 Å². The summed E-state index contributed by atoms with van der Waals surface area (Å²) in [5, 5.41) is 7.74. The van der Waals surface area contributed by atoms with E-state index in [1.54, 1.807) is 40.7 Å². The van der Waals surface area contributed by atoms with E-state index in [1.165, 1.54) is 11.3 Å². The van der Waals surface area contributed by atoms with Crippen LogP contribution in [-0.4, -0.2) is 58.9 Å². The van der Waals surface area contributed by atoms with E-state index >= 15 is 0 Å². The molecule has 1 fully saturated rings. The van der Waals surface area contributed by atoms with Crippen LogP contribution in [0.4, 0.5) is 21.4 Å². The second-order valence-corrected chi connectivity index (χ2v) is 8.26. The highest BCUT2D eigenvalue weighted by Gasteiger charge is 2.22. The van der Waals surface area contributed by atoms with Crippen molar-refractivity contribution in [3.05, 3.63) is 65.3 Å². The molecular formula is C22H23N7O3S. The van der Waals surface area contributed by atoms with Crippen molar-refractivity contribution in [3.8, 4) is 0 Å². The van der Waals surface area contributed by atoms with Crippen LogP contribution in [0.25, 0.3) is 0 Å². The van der Waals surface area contributed by atoms with Crippen molar-refractivity contribution in [1.82, 2.24) is 14.9 Å². The van der Waals surface area contributed by atoms with Crippen LogP contribution in [0.1, 0.15) is 16.1 Å². The summed E-state index contributed by atoms with van der Waals surface area (Å²) >= 11 is 1.27. The molecule has 4 N–H and O–H groups in total. The van der Waals surface area contributed by atoms with Gasteiger partial charge in [0, 0.05) is 49.0 Å². The van der Waals surface area contributed by atoms with Gasteiger partial charge in [-0.3, -0.25) is 14.9 Å². The molecule has 1 aliphatic heterocycles. The summed E-state index contributed by atoms with van der Waals surface area (Å²) in [7, 11) is 0. The van der Waals surface area contributed by atoms with Gasteiger partial charge in [0.05, 0.1) is 12.1 Å². The minimum Gasteiger partial charge on any atom is -0.366 e. The summed E-state index contributed by atoms with van der Waals surface area (Å²) in [5.41, 5.74) is 6.69. The number of carbonyl (C=O) groups excluding carboxylic acids is 3. The van der Waals surface area contributed by atoms with Gasteiger partial charge < -0.3 is 20.9 Å². The first kappa shape index (κ1) is 22.2. The molecule has 11 heteroatoms. The van der Waals surface area contributed by atoms with Gasteiger partial charge in [0.2, 0.25) is 11.8 Å². The van der Waals surface area contributed by atoms with Gasteiger partial charge in [-0.25, -0.2) is 14.8 Å². The Labute approximate surface area is 194 Å². The van der Waals surface area contributed by atoms with Crippen LogP contribution in [0.15, 0.2) is 54.0 Å². The second kappa shape index (κ2) is 10.1. The van der Waals surface area contributed by atoms with Crippen molar-refractivity contribution >= 4 is 45.8 Å². The Kier molecular flexibility index (Phi) is 6.79. The molecule has 3 heterocycles. The van der Waals surface area contributed by atoms with E-state index in [4.69, 9.17) is 5.73 Å². The highest BCUT2D eigenvalue weighted by molar-refractivity contribution is 7.13. The number of aromatic nitrogens is 2. The van der Waals surface area contributed by atoms with Crippen molar-refractivity contribution < 1.29 is 14.4 Å². The van der Waals surface area contributed by atoms with E-state index < -0.39 is 5.91 Å². The SMILES string of the molecule is NC(=O)c1ccc(NC(=O)Cc2csc(NC(=O)N3CCN(c4ccccn4)CC3)n2)cc1. The first-order valence-corrected chi connectivity index (χ1v) is 11.2. The minimum atomic E-state index is -0.528. The highest BCUT2D eigenvalue weighted by atomic mass is 32.1. The molecule has 1 aromatic carbocycles. The number of nitrogens with one attached hydrogen (secondary N) is 2. The number of amides is 4. The lowest BCUT2D eigenvalue weighted by molar-refractivity contribution is -0.115. The third kappa shape index (κ3) is 5.83. The summed E-state index contributed by atoms with van der Waals surface area (Å²) in [4.78, 5) is 48.6. The molecule has 0 saturated carbocycles. The number of thiazole rings is 1. The average molecular weight is 466 g/mol. The van der Waals surface area contributed by atoms with Gasteiger partial charge in [0.25, 0.3) is 0 Å². The lowest BCUT2D eigenvalue weighted by Crippen LogP contribution is -2.50. The van der Waals surface area contributed by atoms with Gasteiger partial charge >= 0.3 is 6.03 Å². The molecule has 4 amide bonds. The minimum absolute atomic E-state index is 0.0622. The van der Waals surface area contributed by atoms with Gasteiger partial charge in [-0.1, -0.05) is 6.07 Å². The summed E-state index contributed by atoms with van der Waals surface area (Å²) in [5.74, 6) is 0.125. The summed E-state index contributed by atoms with van der Waals surface area (Å²) < 4.78 is 0. The number of pyridine rings is 1. The van der Waals surface area contributed by atoms with Gasteiger partial charge in [-0.2, -0.15) is 0 Å². The predicted octanol–water partition coefficient (Wildman–Crippen LogP) is 2.17. The normalized spacial score (nSPS) is 13.5. The van der Waals surface area contributed by atoms with Crippen molar-refractivity contribution in [2.75, 3.05) is 41.7 Å². The third-order valence-electron chi connectivity index (χ3n) is 5.10. The topological polar surface area (TPSA) is 134 Å². The number of hydrogen-bond donors (Lipinski definition) is 3. The molecule has 0 radical (unpaired) electrons. The zero-order chi connectivity index (χ0) is 23.2. The zero-order valence-corrected chi connectivity index (χ0v) is 18.5. The number of benzene rings is 1. The average Bonchev–Trinajstić information content (AvgIpc) is 3.26. The number of nitrogens with zero attached hydrogens (tertiary/aromatic N) is 4. The first-order valence-electron chi connectivity index (χ1n) is 10.3. The molecule has 3 aromatic rings. The number of carbonyl (C=O) groups is 3. The Bertz CT molecular complexity index is 1130. The number of rotatable bonds is 6. The number of urea groups is 1. The number of nitrogens with two attached hydrogens (primary N) is 1. The fourth-order valence-electron chi connectivity index (χ4n) is 3.38. The lowest BCUT2D eigenvalue weighted by atomic mass is 10.2. The van der Waals surface area contributed by atoms with Crippen LogP contribution < -0.4 is 21.3 Å². The van der Waals surface area contributed by atoms with Crippen LogP contribution in [0.2, 0.25) is 0 Å². The molecule has 0 atom stereocenters. The van der Waals surface area contributed by atoms with Gasteiger partial charge in [0.15, 0.2) is 5.13 Å². The molecule has 33 heavy (non-hydrogen) atoms. The Morgan fingerprint density at radius 2 is 1.76 bits per heavy atom. The molecule has 0 aliphatic carbocycles. The highest BCUT2D eigenvalue weighted by Crippen LogP contribution is 2.18. The maximum Gasteiger partial charge on any atom is 0.323 e. The Hall–Kier alpha value is -3.99. The maximum atomic E-state index is 12.6. The largest absolute Gasteiger partial charge is 0.366 e. The number of primary amides is 1. The predicted molar refractivity (Wildman–Crippen MR) is 126 cm³/mol. The molecule has 0 spiro atoms. The Morgan fingerprint density at radius 3 is 2.42 bits per heavy atom. The van der Waals surface area contributed by atoms with Crippen molar-refractivity contribution in [1.29, 1.82) is 0 Å². The first-order chi connectivity index (χ1) is 16.0. The summed E-state index contributed by atoms with van der Waals surface area (Å²) in [6, 6.07) is 11.9. The Balaban J connectivity index is 1.25. The van der Waals surface area contributed by atoms with Crippen LogP contribution >= 0.6 is 11.3 Å². The molecule has 0 bridgehead atoms. The molecule has 170 valence electrons. The van der Waals surface area contributed by atoms with Crippen LogP contribution in [0, 0.1) is 0 Å². The number of hydrogen-bond acceptors (Lipinski definition) is 7. The quantitative estimate of drug-likeness (QED) is 0.511. The molecule has 0 unspecified atom stereocenters. The van der Waals surface area contributed by atoms with Crippen LogP contribution in [0.5, 0.6) is 0 Å². The summed E-state index contributed by atoms with van der Waals surface area (Å²) in [6.45, 7) is 2.57.